The lowest BCUT2D eigenvalue weighted by Crippen LogP contribution is -2.21. The topological polar surface area (TPSA) is 47.0 Å². The maximum absolute atomic E-state index is 5.27. The van der Waals surface area contributed by atoms with E-state index in [0.717, 1.165) is 30.3 Å². The van der Waals surface area contributed by atoms with Crippen LogP contribution in [0.1, 0.15) is 55.6 Å². The summed E-state index contributed by atoms with van der Waals surface area (Å²) in [5.41, 5.74) is 3.38. The lowest BCUT2D eigenvalue weighted by Gasteiger charge is -2.19. The van der Waals surface area contributed by atoms with Gasteiger partial charge in [0.1, 0.15) is 6.10 Å². The summed E-state index contributed by atoms with van der Waals surface area (Å²) in [4.78, 5) is 9.14. The van der Waals surface area contributed by atoms with Crippen molar-refractivity contribution in [1.29, 1.82) is 0 Å². The Morgan fingerprint density at radius 3 is 2.17 bits per heavy atom. The van der Waals surface area contributed by atoms with Gasteiger partial charge in [0, 0.05) is 25.0 Å². The molecule has 102 valence electrons. The highest BCUT2D eigenvalue weighted by atomic mass is 16.5. The van der Waals surface area contributed by atoms with Crippen LogP contribution in [-0.4, -0.2) is 30.2 Å². The summed E-state index contributed by atoms with van der Waals surface area (Å²) >= 11 is 0. The molecule has 0 spiro atoms. The fraction of sp³-hybridized carbons (Fsp3) is 0.714. The van der Waals surface area contributed by atoms with Crippen LogP contribution in [0.4, 0.5) is 0 Å². The number of hydrogen-bond acceptors (Lipinski definition) is 4. The van der Waals surface area contributed by atoms with Crippen LogP contribution in [0, 0.1) is 13.8 Å². The molecule has 1 rings (SSSR count). The Kier molecular flexibility index (Phi) is 5.69. The number of aromatic nitrogens is 2. The number of nitrogens with one attached hydrogen (secondary N) is 1. The summed E-state index contributed by atoms with van der Waals surface area (Å²) in [6, 6.07) is 0. The van der Waals surface area contributed by atoms with Crippen molar-refractivity contribution in [3.05, 3.63) is 22.8 Å². The van der Waals surface area contributed by atoms with Gasteiger partial charge in [-0.1, -0.05) is 13.8 Å². The van der Waals surface area contributed by atoms with E-state index in [1.807, 2.05) is 6.92 Å². The molecule has 0 aliphatic heterocycles. The van der Waals surface area contributed by atoms with Gasteiger partial charge in [-0.25, -0.2) is 9.97 Å². The van der Waals surface area contributed by atoms with Crippen LogP contribution in [0.25, 0.3) is 0 Å². The van der Waals surface area contributed by atoms with Crippen molar-refractivity contribution >= 4 is 0 Å². The second-order valence-corrected chi connectivity index (χ2v) is 4.75. The van der Waals surface area contributed by atoms with Gasteiger partial charge in [-0.3, -0.25) is 0 Å². The number of ether oxygens (including phenoxy) is 1. The molecule has 1 aromatic heterocycles. The molecule has 0 bridgehead atoms. The fourth-order valence-corrected chi connectivity index (χ4v) is 2.21. The fourth-order valence-electron chi connectivity index (χ4n) is 2.21. The van der Waals surface area contributed by atoms with Gasteiger partial charge in [-0.05, 0) is 38.8 Å². The smallest absolute Gasteiger partial charge is 0.157 e. The lowest BCUT2D eigenvalue weighted by atomic mass is 9.98. The van der Waals surface area contributed by atoms with Crippen molar-refractivity contribution in [1.82, 2.24) is 15.3 Å². The van der Waals surface area contributed by atoms with E-state index in [9.17, 15) is 0 Å². The van der Waals surface area contributed by atoms with Crippen LogP contribution >= 0.6 is 0 Å². The van der Waals surface area contributed by atoms with Crippen molar-refractivity contribution in [2.24, 2.45) is 0 Å². The van der Waals surface area contributed by atoms with Gasteiger partial charge in [0.2, 0.25) is 0 Å². The van der Waals surface area contributed by atoms with Crippen LogP contribution in [0.5, 0.6) is 0 Å². The minimum absolute atomic E-state index is 0.0551. The lowest BCUT2D eigenvalue weighted by molar-refractivity contribution is 0.111. The average Bonchev–Trinajstić information content (AvgIpc) is 2.34. The average molecular weight is 251 g/mol. The number of aryl methyl sites for hydroxylation is 2. The van der Waals surface area contributed by atoms with E-state index < -0.39 is 0 Å². The zero-order chi connectivity index (χ0) is 13.7. The van der Waals surface area contributed by atoms with Gasteiger partial charge in [0.15, 0.2) is 5.82 Å². The molecule has 0 saturated carbocycles. The zero-order valence-electron chi connectivity index (χ0n) is 12.4. The molecule has 1 N–H and O–H groups in total. The summed E-state index contributed by atoms with van der Waals surface area (Å²) in [5, 5.41) is 3.37. The molecule has 0 aliphatic carbocycles. The second-order valence-electron chi connectivity index (χ2n) is 4.75. The summed E-state index contributed by atoms with van der Waals surface area (Å²) in [7, 11) is 1.68. The first kappa shape index (κ1) is 15.1. The van der Waals surface area contributed by atoms with E-state index in [4.69, 9.17) is 4.74 Å². The third-order valence-corrected chi connectivity index (χ3v) is 3.25. The Morgan fingerprint density at radius 2 is 1.72 bits per heavy atom. The Bertz CT molecular complexity index is 370. The van der Waals surface area contributed by atoms with Crippen LogP contribution in [-0.2, 0) is 4.74 Å². The van der Waals surface area contributed by atoms with Gasteiger partial charge >= 0.3 is 0 Å². The predicted molar refractivity (Wildman–Crippen MR) is 73.9 cm³/mol. The van der Waals surface area contributed by atoms with Crippen molar-refractivity contribution in [2.75, 3.05) is 20.2 Å². The molecule has 4 nitrogen and oxygen atoms in total. The first-order chi connectivity index (χ1) is 8.51. The monoisotopic (exact) mass is 251 g/mol. The van der Waals surface area contributed by atoms with E-state index >= 15 is 0 Å². The molecular formula is C14H25N3O. The van der Waals surface area contributed by atoms with Crippen LogP contribution in [0.15, 0.2) is 0 Å². The highest BCUT2D eigenvalue weighted by Gasteiger charge is 2.17. The minimum Gasteiger partial charge on any atom is -0.374 e. The number of likely N-dealkylation sites (N-methyl/N-ethyl adjacent to an activating group) is 1. The summed E-state index contributed by atoms with van der Waals surface area (Å²) in [6.07, 6.45) is -0.0551. The molecule has 1 aromatic rings. The third-order valence-electron chi connectivity index (χ3n) is 3.25. The predicted octanol–water partition coefficient (Wildman–Crippen LogP) is 2.51. The molecule has 2 unspecified atom stereocenters. The SMILES string of the molecule is CCNCC(C)c1c(C)nc(C(C)OC)nc1C. The first-order valence-electron chi connectivity index (χ1n) is 6.59. The molecule has 0 aliphatic rings. The quantitative estimate of drug-likeness (QED) is 0.844. The maximum atomic E-state index is 5.27. The summed E-state index contributed by atoms with van der Waals surface area (Å²) < 4.78 is 5.27. The molecule has 0 radical (unpaired) electrons. The number of rotatable bonds is 6. The van der Waals surface area contributed by atoms with Crippen LogP contribution < -0.4 is 5.32 Å². The van der Waals surface area contributed by atoms with Gasteiger partial charge in [-0.15, -0.1) is 0 Å². The molecule has 0 aromatic carbocycles. The van der Waals surface area contributed by atoms with Crippen molar-refractivity contribution in [3.63, 3.8) is 0 Å². The largest absolute Gasteiger partial charge is 0.374 e. The standard InChI is InChI=1S/C14H25N3O/c1-7-15-8-9(2)13-10(3)16-14(12(5)18-6)17-11(13)4/h9,12,15H,7-8H2,1-6H3. The Balaban J connectivity index is 3.00. The normalized spacial score (nSPS) is 14.6. The molecule has 2 atom stereocenters. The number of hydrogen-bond donors (Lipinski definition) is 1. The molecule has 0 amide bonds. The number of nitrogens with zero attached hydrogens (tertiary/aromatic N) is 2. The van der Waals surface area contributed by atoms with E-state index in [-0.39, 0.29) is 6.10 Å². The number of methoxy groups -OCH3 is 1. The Hall–Kier alpha value is -1.00. The van der Waals surface area contributed by atoms with E-state index in [1.165, 1.54) is 5.56 Å². The highest BCUT2D eigenvalue weighted by molar-refractivity contribution is 5.28. The Labute approximate surface area is 110 Å². The van der Waals surface area contributed by atoms with E-state index in [0.29, 0.717) is 5.92 Å². The molecule has 0 fully saturated rings. The second kappa shape index (κ2) is 6.81. The molecule has 4 heteroatoms. The van der Waals surface area contributed by atoms with E-state index in [1.54, 1.807) is 7.11 Å². The van der Waals surface area contributed by atoms with Crippen LogP contribution in [0.2, 0.25) is 0 Å². The van der Waals surface area contributed by atoms with E-state index in [2.05, 4.69) is 43.0 Å². The Morgan fingerprint density at radius 1 is 1.17 bits per heavy atom. The van der Waals surface area contributed by atoms with Crippen molar-refractivity contribution in [3.8, 4) is 0 Å². The molecule has 0 saturated heterocycles. The van der Waals surface area contributed by atoms with Gasteiger partial charge in [0.25, 0.3) is 0 Å². The zero-order valence-corrected chi connectivity index (χ0v) is 12.4. The van der Waals surface area contributed by atoms with Crippen molar-refractivity contribution < 1.29 is 4.74 Å². The van der Waals surface area contributed by atoms with Gasteiger partial charge in [0.05, 0.1) is 0 Å². The molecule has 1 heterocycles. The van der Waals surface area contributed by atoms with Gasteiger partial charge < -0.3 is 10.1 Å². The first-order valence-corrected chi connectivity index (χ1v) is 6.59. The third kappa shape index (κ3) is 3.50. The summed E-state index contributed by atoms with van der Waals surface area (Å²) in [6.45, 7) is 12.3. The molecule has 18 heavy (non-hydrogen) atoms. The minimum atomic E-state index is -0.0551. The highest BCUT2D eigenvalue weighted by Crippen LogP contribution is 2.23. The maximum Gasteiger partial charge on any atom is 0.157 e. The molecular weight excluding hydrogens is 226 g/mol. The summed E-state index contributed by atoms with van der Waals surface area (Å²) in [5.74, 6) is 1.20. The van der Waals surface area contributed by atoms with Gasteiger partial charge in [-0.2, -0.15) is 0 Å². The van der Waals surface area contributed by atoms with Crippen LogP contribution in [0.3, 0.4) is 0 Å². The van der Waals surface area contributed by atoms with Crippen molar-refractivity contribution in [2.45, 2.75) is 46.6 Å².